The fraction of sp³-hybridized carbons (Fsp3) is 0.423. The Morgan fingerprint density at radius 1 is 1.06 bits per heavy atom. The van der Waals surface area contributed by atoms with Crippen LogP contribution in [-0.4, -0.2) is 58.3 Å². The van der Waals surface area contributed by atoms with Gasteiger partial charge in [-0.05, 0) is 74.2 Å². The van der Waals surface area contributed by atoms with Crippen molar-refractivity contribution in [2.75, 3.05) is 32.8 Å². The van der Waals surface area contributed by atoms with Crippen molar-refractivity contribution in [1.82, 2.24) is 19.7 Å². The standard InChI is InChI=1S/C26H31FN4O2S/c1-17-15-18(2)24(20(4)32)19(3)23(17)16-34-26-29-28-25(21-5-7-22(27)8-6-21)31(26)10-9-30-11-13-33-14-12-30/h5-8,15H,9-14,16H2,1-4H3. The Labute approximate surface area is 204 Å². The summed E-state index contributed by atoms with van der Waals surface area (Å²) in [5.74, 6) is 1.24. The van der Waals surface area contributed by atoms with Gasteiger partial charge in [0, 0.05) is 43.1 Å². The average Bonchev–Trinajstić information content (AvgIpc) is 3.21. The highest BCUT2D eigenvalue weighted by atomic mass is 32.2. The molecule has 0 N–H and O–H groups in total. The number of Topliss-reactive ketones (excluding diaryl/α,β-unsaturated/α-hetero) is 1. The summed E-state index contributed by atoms with van der Waals surface area (Å²) in [6, 6.07) is 8.47. The molecule has 0 radical (unpaired) electrons. The molecule has 0 aliphatic carbocycles. The van der Waals surface area contributed by atoms with Crippen LogP contribution in [0.3, 0.4) is 0 Å². The van der Waals surface area contributed by atoms with Gasteiger partial charge >= 0.3 is 0 Å². The van der Waals surface area contributed by atoms with Crippen molar-refractivity contribution in [3.05, 3.63) is 64.0 Å². The Hall–Kier alpha value is -2.55. The molecule has 0 unspecified atom stereocenters. The highest BCUT2D eigenvalue weighted by molar-refractivity contribution is 7.98. The van der Waals surface area contributed by atoms with Crippen LogP contribution >= 0.6 is 11.8 Å². The van der Waals surface area contributed by atoms with Crippen LogP contribution in [0.4, 0.5) is 4.39 Å². The number of carbonyl (C=O) groups excluding carboxylic acids is 1. The third-order valence-corrected chi connectivity index (χ3v) is 7.38. The van der Waals surface area contributed by atoms with Gasteiger partial charge in [-0.25, -0.2) is 4.39 Å². The van der Waals surface area contributed by atoms with E-state index in [2.05, 4.69) is 32.7 Å². The molecule has 0 amide bonds. The Bertz CT molecular complexity index is 1170. The monoisotopic (exact) mass is 482 g/mol. The second kappa shape index (κ2) is 10.8. The molecule has 1 saturated heterocycles. The molecule has 4 rings (SSSR count). The summed E-state index contributed by atoms with van der Waals surface area (Å²) < 4.78 is 21.1. The van der Waals surface area contributed by atoms with Crippen molar-refractivity contribution >= 4 is 17.5 Å². The van der Waals surface area contributed by atoms with Gasteiger partial charge in [0.05, 0.1) is 13.2 Å². The first-order valence-electron chi connectivity index (χ1n) is 11.6. The maximum absolute atomic E-state index is 13.5. The minimum atomic E-state index is -0.274. The summed E-state index contributed by atoms with van der Waals surface area (Å²) >= 11 is 1.62. The van der Waals surface area contributed by atoms with Crippen LogP contribution in [0.15, 0.2) is 35.5 Å². The molecule has 0 saturated carbocycles. The van der Waals surface area contributed by atoms with E-state index in [9.17, 15) is 9.18 Å². The second-order valence-corrected chi connectivity index (χ2v) is 9.70. The van der Waals surface area contributed by atoms with Gasteiger partial charge in [0.2, 0.25) is 0 Å². The van der Waals surface area contributed by atoms with Gasteiger partial charge in [-0.3, -0.25) is 9.69 Å². The summed E-state index contributed by atoms with van der Waals surface area (Å²) in [4.78, 5) is 14.6. The quantitative estimate of drug-likeness (QED) is 0.338. The lowest BCUT2D eigenvalue weighted by Gasteiger charge is -2.27. The maximum atomic E-state index is 13.5. The van der Waals surface area contributed by atoms with Gasteiger partial charge < -0.3 is 9.30 Å². The van der Waals surface area contributed by atoms with E-state index in [0.717, 1.165) is 78.2 Å². The van der Waals surface area contributed by atoms with Crippen LogP contribution in [-0.2, 0) is 17.0 Å². The number of rotatable bonds is 8. The molecule has 3 aromatic rings. The van der Waals surface area contributed by atoms with Gasteiger partial charge in [-0.2, -0.15) is 0 Å². The number of aromatic nitrogens is 3. The number of nitrogens with zero attached hydrogens (tertiary/aromatic N) is 4. The normalized spacial score (nSPS) is 14.5. The smallest absolute Gasteiger partial charge is 0.191 e. The SMILES string of the molecule is CC(=O)c1c(C)cc(C)c(CSc2nnc(-c3ccc(F)cc3)n2CCN2CCOCC2)c1C. The van der Waals surface area contributed by atoms with E-state index in [1.807, 2.05) is 13.8 Å². The van der Waals surface area contributed by atoms with Crippen LogP contribution in [0.25, 0.3) is 11.4 Å². The number of aryl methyl sites for hydroxylation is 2. The minimum absolute atomic E-state index is 0.0912. The molecule has 1 fully saturated rings. The van der Waals surface area contributed by atoms with Gasteiger partial charge in [-0.15, -0.1) is 10.2 Å². The molecule has 6 nitrogen and oxygen atoms in total. The van der Waals surface area contributed by atoms with Gasteiger partial charge in [0.1, 0.15) is 5.82 Å². The lowest BCUT2D eigenvalue weighted by Crippen LogP contribution is -2.38. The zero-order valence-electron chi connectivity index (χ0n) is 20.2. The van der Waals surface area contributed by atoms with Crippen molar-refractivity contribution in [2.45, 2.75) is 45.1 Å². The fourth-order valence-corrected chi connectivity index (χ4v) is 5.75. The Morgan fingerprint density at radius 3 is 2.44 bits per heavy atom. The molecule has 0 atom stereocenters. The second-order valence-electron chi connectivity index (χ2n) is 8.75. The Balaban J connectivity index is 1.62. The van der Waals surface area contributed by atoms with Crippen molar-refractivity contribution in [1.29, 1.82) is 0 Å². The summed E-state index contributed by atoms with van der Waals surface area (Å²) in [6.07, 6.45) is 0. The van der Waals surface area contributed by atoms with E-state index in [-0.39, 0.29) is 11.6 Å². The predicted octanol–water partition coefficient (Wildman–Crippen LogP) is 4.84. The largest absolute Gasteiger partial charge is 0.379 e. The van der Waals surface area contributed by atoms with Crippen molar-refractivity contribution in [2.24, 2.45) is 0 Å². The van der Waals surface area contributed by atoms with Crippen LogP contribution in [0.1, 0.15) is 39.5 Å². The lowest BCUT2D eigenvalue weighted by atomic mass is 9.92. The molecule has 1 aliphatic rings. The number of hydrogen-bond donors (Lipinski definition) is 0. The molecular weight excluding hydrogens is 451 g/mol. The molecule has 2 heterocycles. The number of benzene rings is 2. The van der Waals surface area contributed by atoms with Gasteiger partial charge in [-0.1, -0.05) is 17.8 Å². The lowest BCUT2D eigenvalue weighted by molar-refractivity contribution is 0.0361. The molecule has 8 heteroatoms. The van der Waals surface area contributed by atoms with Gasteiger partial charge in [0.25, 0.3) is 0 Å². The average molecular weight is 483 g/mol. The minimum Gasteiger partial charge on any atom is -0.379 e. The number of ether oxygens (including phenoxy) is 1. The first-order chi connectivity index (χ1) is 16.3. The van der Waals surface area contributed by atoms with Crippen molar-refractivity contribution in [3.63, 3.8) is 0 Å². The van der Waals surface area contributed by atoms with Crippen molar-refractivity contribution in [3.8, 4) is 11.4 Å². The summed E-state index contributed by atoms with van der Waals surface area (Å²) in [5.41, 5.74) is 6.03. The summed E-state index contributed by atoms with van der Waals surface area (Å²) in [5, 5.41) is 9.79. The van der Waals surface area contributed by atoms with E-state index in [1.165, 1.54) is 17.7 Å². The van der Waals surface area contributed by atoms with Crippen LogP contribution in [0.5, 0.6) is 0 Å². The molecule has 0 spiro atoms. The van der Waals surface area contributed by atoms with Gasteiger partial charge in [0.15, 0.2) is 16.8 Å². The first kappa shape index (κ1) is 24.6. The van der Waals surface area contributed by atoms with E-state index < -0.39 is 0 Å². The molecule has 34 heavy (non-hydrogen) atoms. The predicted molar refractivity (Wildman–Crippen MR) is 133 cm³/mol. The zero-order valence-corrected chi connectivity index (χ0v) is 21.0. The maximum Gasteiger partial charge on any atom is 0.191 e. The van der Waals surface area contributed by atoms with Crippen LogP contribution < -0.4 is 0 Å². The number of morpholine rings is 1. The molecule has 0 bridgehead atoms. The first-order valence-corrected chi connectivity index (χ1v) is 12.6. The highest BCUT2D eigenvalue weighted by Crippen LogP contribution is 2.31. The number of hydrogen-bond acceptors (Lipinski definition) is 6. The van der Waals surface area contributed by atoms with Crippen LogP contribution in [0, 0.1) is 26.6 Å². The molecule has 1 aliphatic heterocycles. The fourth-order valence-electron chi connectivity index (χ4n) is 4.60. The Kier molecular flexibility index (Phi) is 7.80. The van der Waals surface area contributed by atoms with E-state index in [4.69, 9.17) is 4.74 Å². The topological polar surface area (TPSA) is 60.2 Å². The third-order valence-electron chi connectivity index (χ3n) is 6.39. The Morgan fingerprint density at radius 2 is 1.76 bits per heavy atom. The van der Waals surface area contributed by atoms with E-state index >= 15 is 0 Å². The summed E-state index contributed by atoms with van der Waals surface area (Å²) in [7, 11) is 0. The van der Waals surface area contributed by atoms with E-state index in [0.29, 0.717) is 5.75 Å². The van der Waals surface area contributed by atoms with Crippen molar-refractivity contribution < 1.29 is 13.9 Å². The zero-order chi connectivity index (χ0) is 24.2. The number of carbonyl (C=O) groups is 1. The van der Waals surface area contributed by atoms with Crippen LogP contribution in [0.2, 0.25) is 0 Å². The molecule has 180 valence electrons. The molecule has 1 aromatic heterocycles. The van der Waals surface area contributed by atoms with E-state index in [1.54, 1.807) is 30.8 Å². The number of halogens is 1. The highest BCUT2D eigenvalue weighted by Gasteiger charge is 2.19. The molecule has 2 aromatic carbocycles. The number of thioether (sulfide) groups is 1. The third kappa shape index (κ3) is 5.40. The summed E-state index contributed by atoms with van der Waals surface area (Å²) in [6.45, 7) is 12.6. The molecular formula is C26H31FN4O2S. The number of ketones is 1.